The lowest BCUT2D eigenvalue weighted by atomic mass is 9.94. The van der Waals surface area contributed by atoms with Gasteiger partial charge < -0.3 is 14.9 Å². The molecular formula is C22H27ClN4O4S. The summed E-state index contributed by atoms with van der Waals surface area (Å²) < 4.78 is 23.6. The third-order valence-corrected chi connectivity index (χ3v) is 8.41. The van der Waals surface area contributed by atoms with Crippen molar-refractivity contribution in [1.29, 1.82) is 0 Å². The van der Waals surface area contributed by atoms with Crippen LogP contribution < -0.4 is 4.90 Å². The minimum absolute atomic E-state index is 0.111. The van der Waals surface area contributed by atoms with Crippen molar-refractivity contribution >= 4 is 33.2 Å². The van der Waals surface area contributed by atoms with Crippen molar-refractivity contribution in [2.24, 2.45) is 5.92 Å². The lowest BCUT2D eigenvalue weighted by Gasteiger charge is -2.36. The number of rotatable bonds is 4. The van der Waals surface area contributed by atoms with Gasteiger partial charge in [0.1, 0.15) is 5.82 Å². The smallest absolute Gasteiger partial charge is 0.225 e. The van der Waals surface area contributed by atoms with E-state index in [1.54, 1.807) is 19.4 Å². The van der Waals surface area contributed by atoms with Gasteiger partial charge in [-0.3, -0.25) is 9.78 Å². The predicted octanol–water partition coefficient (Wildman–Crippen LogP) is 1.94. The molecule has 2 aliphatic rings. The normalized spacial score (nSPS) is 23.3. The summed E-state index contributed by atoms with van der Waals surface area (Å²) in [6, 6.07) is 5.13. The van der Waals surface area contributed by atoms with E-state index in [4.69, 9.17) is 11.6 Å². The molecule has 2 aromatic rings. The zero-order valence-electron chi connectivity index (χ0n) is 18.1. The van der Waals surface area contributed by atoms with Gasteiger partial charge in [-0.25, -0.2) is 13.4 Å². The van der Waals surface area contributed by atoms with E-state index in [1.807, 2.05) is 25.1 Å². The van der Waals surface area contributed by atoms with E-state index in [0.29, 0.717) is 31.0 Å². The summed E-state index contributed by atoms with van der Waals surface area (Å²) >= 11 is 6.40. The molecule has 1 N–H and O–H groups in total. The first-order chi connectivity index (χ1) is 15.2. The molecule has 2 aromatic heterocycles. The number of carbonyl (C=O) groups is 1. The second-order valence-corrected chi connectivity index (χ2v) is 11.2. The molecule has 0 aromatic carbocycles. The molecule has 2 fully saturated rings. The first kappa shape index (κ1) is 22.9. The van der Waals surface area contributed by atoms with Crippen molar-refractivity contribution in [2.45, 2.75) is 31.9 Å². The lowest BCUT2D eigenvalue weighted by molar-refractivity contribution is -0.138. The molecule has 0 radical (unpaired) electrons. The average molecular weight is 479 g/mol. The van der Waals surface area contributed by atoms with Crippen LogP contribution in [0.2, 0.25) is 5.02 Å². The van der Waals surface area contributed by atoms with E-state index in [1.165, 1.54) is 4.90 Å². The third-order valence-electron chi connectivity index (χ3n) is 6.41. The van der Waals surface area contributed by atoms with Crippen LogP contribution in [0, 0.1) is 12.8 Å². The van der Waals surface area contributed by atoms with Crippen LogP contribution in [0.25, 0.3) is 11.3 Å². The zero-order valence-corrected chi connectivity index (χ0v) is 19.7. The molecule has 0 spiro atoms. The van der Waals surface area contributed by atoms with Gasteiger partial charge in [-0.15, -0.1) is 0 Å². The van der Waals surface area contributed by atoms with Crippen LogP contribution in [-0.4, -0.2) is 78.1 Å². The van der Waals surface area contributed by atoms with E-state index in [-0.39, 0.29) is 23.3 Å². The number of hydrogen-bond acceptors (Lipinski definition) is 7. The van der Waals surface area contributed by atoms with Crippen molar-refractivity contribution in [3.63, 3.8) is 0 Å². The number of aromatic nitrogens is 2. The summed E-state index contributed by atoms with van der Waals surface area (Å²) in [5.74, 6) is -0.00417. The number of carbonyl (C=O) groups excluding carboxylic acids is 1. The molecule has 2 atom stereocenters. The van der Waals surface area contributed by atoms with E-state index >= 15 is 0 Å². The van der Waals surface area contributed by atoms with Crippen molar-refractivity contribution in [1.82, 2.24) is 14.9 Å². The van der Waals surface area contributed by atoms with Crippen LogP contribution in [0.5, 0.6) is 0 Å². The highest BCUT2D eigenvalue weighted by Crippen LogP contribution is 2.32. The quantitative estimate of drug-likeness (QED) is 0.716. The second kappa shape index (κ2) is 8.96. The number of likely N-dealkylation sites (N-methyl/N-ethyl adjacent to an activating group) is 1. The van der Waals surface area contributed by atoms with Gasteiger partial charge in [0.2, 0.25) is 5.91 Å². The van der Waals surface area contributed by atoms with Gasteiger partial charge in [-0.05, 0) is 37.5 Å². The summed E-state index contributed by atoms with van der Waals surface area (Å²) in [6.07, 6.45) is 3.59. The van der Waals surface area contributed by atoms with Crippen molar-refractivity contribution in [2.75, 3.05) is 36.5 Å². The van der Waals surface area contributed by atoms with Crippen LogP contribution in [0.15, 0.2) is 30.6 Å². The Morgan fingerprint density at radius 3 is 2.59 bits per heavy atom. The van der Waals surface area contributed by atoms with Gasteiger partial charge in [0.25, 0.3) is 0 Å². The van der Waals surface area contributed by atoms with Crippen LogP contribution >= 0.6 is 11.6 Å². The van der Waals surface area contributed by atoms with Crippen LogP contribution in [0.4, 0.5) is 5.82 Å². The number of aryl methyl sites for hydroxylation is 1. The molecule has 32 heavy (non-hydrogen) atoms. The molecule has 0 saturated carbocycles. The number of aliphatic hydroxyl groups is 1. The number of halogens is 1. The number of aliphatic hydroxyl groups excluding tert-OH is 1. The standard InChI is InChI=1S/C22H27ClN4O4S/c1-14-4-3-7-24-21(14)16-10-20(25-11-17(16)23)27-8-5-15(6-9-27)22(29)26(2)18-12-32(30,31)13-19(18)28/h3-4,7,10-11,15,18-19,28H,5-6,8-9,12-13H2,1-2H3/t18-,19-/m1/s1. The maximum Gasteiger partial charge on any atom is 0.225 e. The van der Waals surface area contributed by atoms with E-state index < -0.39 is 22.0 Å². The van der Waals surface area contributed by atoms with Gasteiger partial charge in [0.05, 0.1) is 34.4 Å². The molecule has 0 unspecified atom stereocenters. The molecule has 2 saturated heterocycles. The monoisotopic (exact) mass is 478 g/mol. The Kier molecular flexibility index (Phi) is 6.42. The second-order valence-electron chi connectivity index (χ2n) is 8.61. The first-order valence-corrected chi connectivity index (χ1v) is 12.8. The number of hydrogen-bond donors (Lipinski definition) is 1. The third kappa shape index (κ3) is 4.60. The summed E-state index contributed by atoms with van der Waals surface area (Å²) in [5, 5.41) is 10.6. The molecule has 0 bridgehead atoms. The number of nitrogens with zero attached hydrogens (tertiary/aromatic N) is 4. The molecule has 4 rings (SSSR count). The Balaban J connectivity index is 1.43. The fraction of sp³-hybridized carbons (Fsp3) is 0.500. The van der Waals surface area contributed by atoms with E-state index in [0.717, 1.165) is 22.6 Å². The Morgan fingerprint density at radius 2 is 1.97 bits per heavy atom. The molecule has 4 heterocycles. The Hall–Kier alpha value is -2.23. The Morgan fingerprint density at radius 1 is 1.25 bits per heavy atom. The van der Waals surface area contributed by atoms with Crippen molar-refractivity contribution in [3.05, 3.63) is 41.2 Å². The highest BCUT2D eigenvalue weighted by molar-refractivity contribution is 7.91. The minimum Gasteiger partial charge on any atom is -0.390 e. The predicted molar refractivity (Wildman–Crippen MR) is 123 cm³/mol. The van der Waals surface area contributed by atoms with Crippen LogP contribution in [0.3, 0.4) is 0 Å². The first-order valence-electron chi connectivity index (χ1n) is 10.6. The molecule has 1 amide bonds. The maximum absolute atomic E-state index is 13.0. The molecule has 10 heteroatoms. The SMILES string of the molecule is Cc1cccnc1-c1cc(N2CCC(C(=O)N(C)[C@@H]3CS(=O)(=O)C[C@H]3O)CC2)ncc1Cl. The number of amides is 1. The highest BCUT2D eigenvalue weighted by atomic mass is 35.5. The number of sulfone groups is 1. The fourth-order valence-electron chi connectivity index (χ4n) is 4.54. The number of pyridine rings is 2. The zero-order chi connectivity index (χ0) is 23.0. The van der Waals surface area contributed by atoms with Crippen molar-refractivity contribution in [3.8, 4) is 11.3 Å². The summed E-state index contributed by atoms with van der Waals surface area (Å²) in [4.78, 5) is 25.5. The van der Waals surface area contributed by atoms with Gasteiger partial charge in [-0.1, -0.05) is 17.7 Å². The van der Waals surface area contributed by atoms with Gasteiger partial charge >= 0.3 is 0 Å². The topological polar surface area (TPSA) is 104 Å². The fourth-order valence-corrected chi connectivity index (χ4v) is 6.57. The van der Waals surface area contributed by atoms with Crippen LogP contribution in [-0.2, 0) is 14.6 Å². The summed E-state index contributed by atoms with van der Waals surface area (Å²) in [6.45, 7) is 3.27. The van der Waals surface area contributed by atoms with E-state index in [9.17, 15) is 18.3 Å². The molecule has 172 valence electrons. The van der Waals surface area contributed by atoms with Crippen LogP contribution in [0.1, 0.15) is 18.4 Å². The van der Waals surface area contributed by atoms with E-state index in [2.05, 4.69) is 14.9 Å². The van der Waals surface area contributed by atoms with Gasteiger partial charge in [0, 0.05) is 44.0 Å². The highest BCUT2D eigenvalue weighted by Gasteiger charge is 2.42. The van der Waals surface area contributed by atoms with Gasteiger partial charge in [-0.2, -0.15) is 0 Å². The molecule has 8 nitrogen and oxygen atoms in total. The molecule has 2 aliphatic heterocycles. The number of anilines is 1. The molecule has 0 aliphatic carbocycles. The molecular weight excluding hydrogens is 452 g/mol. The minimum atomic E-state index is -3.31. The van der Waals surface area contributed by atoms with Crippen molar-refractivity contribution < 1.29 is 18.3 Å². The average Bonchev–Trinajstić information content (AvgIpc) is 3.06. The summed E-state index contributed by atoms with van der Waals surface area (Å²) in [7, 11) is -1.72. The lowest BCUT2D eigenvalue weighted by Crippen LogP contribution is -2.48. The largest absolute Gasteiger partial charge is 0.390 e. The number of piperidine rings is 1. The Bertz CT molecular complexity index is 1120. The Labute approximate surface area is 193 Å². The summed E-state index contributed by atoms with van der Waals surface area (Å²) in [5.41, 5.74) is 2.66. The van der Waals surface area contributed by atoms with Gasteiger partial charge in [0.15, 0.2) is 9.84 Å². The maximum atomic E-state index is 13.0.